The van der Waals surface area contributed by atoms with E-state index in [9.17, 15) is 18.4 Å². The first-order valence-corrected chi connectivity index (χ1v) is 9.83. The van der Waals surface area contributed by atoms with Crippen molar-refractivity contribution in [2.75, 3.05) is 13.1 Å². The highest BCUT2D eigenvalue weighted by atomic mass is 19.1. The van der Waals surface area contributed by atoms with E-state index in [1.807, 2.05) is 0 Å². The molecule has 1 fully saturated rings. The lowest BCUT2D eigenvalue weighted by Gasteiger charge is -2.32. The molecule has 1 aromatic heterocycles. The molecule has 2 N–H and O–H groups in total. The summed E-state index contributed by atoms with van der Waals surface area (Å²) in [6, 6.07) is 11.8. The summed E-state index contributed by atoms with van der Waals surface area (Å²) in [5, 5.41) is 0.527. The van der Waals surface area contributed by atoms with Crippen LogP contribution in [0.5, 0.6) is 0 Å². The van der Waals surface area contributed by atoms with Crippen LogP contribution >= 0.6 is 0 Å². The van der Waals surface area contributed by atoms with Gasteiger partial charge in [-0.2, -0.15) is 0 Å². The van der Waals surface area contributed by atoms with Crippen LogP contribution in [0, 0.1) is 11.6 Å². The van der Waals surface area contributed by atoms with E-state index >= 15 is 0 Å². The molecule has 0 aliphatic carbocycles. The summed E-state index contributed by atoms with van der Waals surface area (Å²) in [6.07, 6.45) is 1.52. The van der Waals surface area contributed by atoms with Gasteiger partial charge in [-0.15, -0.1) is 0 Å². The van der Waals surface area contributed by atoms with Gasteiger partial charge < -0.3 is 10.6 Å². The maximum atomic E-state index is 13.5. The van der Waals surface area contributed by atoms with Crippen LogP contribution in [0.1, 0.15) is 40.4 Å². The molecule has 3 aromatic rings. The van der Waals surface area contributed by atoms with Crippen molar-refractivity contribution in [3.05, 3.63) is 77.0 Å². The second kappa shape index (κ2) is 8.18. The Morgan fingerprint density at radius 1 is 1.00 bits per heavy atom. The molecule has 0 bridgehead atoms. The largest absolute Gasteiger partial charge is 0.366 e. The van der Waals surface area contributed by atoms with Crippen molar-refractivity contribution in [1.29, 1.82) is 0 Å². The van der Waals surface area contributed by atoms with Gasteiger partial charge in [-0.25, -0.2) is 8.78 Å². The van der Waals surface area contributed by atoms with Gasteiger partial charge in [0.05, 0.1) is 23.2 Å². The third-order valence-electron chi connectivity index (χ3n) is 5.57. The molecule has 1 aliphatic rings. The number of halogens is 2. The molecule has 2 heterocycles. The Kier molecular flexibility index (Phi) is 5.44. The smallest absolute Gasteiger partial charge is 0.250 e. The third kappa shape index (κ3) is 4.15. The van der Waals surface area contributed by atoms with E-state index in [0.29, 0.717) is 48.1 Å². The number of amides is 2. The van der Waals surface area contributed by atoms with Crippen LogP contribution in [0.25, 0.3) is 10.9 Å². The Labute approximate surface area is 172 Å². The van der Waals surface area contributed by atoms with Gasteiger partial charge in [-0.3, -0.25) is 14.6 Å². The summed E-state index contributed by atoms with van der Waals surface area (Å²) < 4.78 is 26.6. The lowest BCUT2D eigenvalue weighted by molar-refractivity contribution is -0.131. The van der Waals surface area contributed by atoms with E-state index in [0.717, 1.165) is 5.56 Å². The van der Waals surface area contributed by atoms with Crippen molar-refractivity contribution in [3.63, 3.8) is 0 Å². The highest BCUT2D eigenvalue weighted by Gasteiger charge is 2.27. The average Bonchev–Trinajstić information content (AvgIpc) is 2.74. The number of benzene rings is 2. The molecule has 0 spiro atoms. The van der Waals surface area contributed by atoms with E-state index in [-0.39, 0.29) is 24.1 Å². The Hall–Kier alpha value is -3.35. The van der Waals surface area contributed by atoms with Crippen molar-refractivity contribution in [2.24, 2.45) is 5.73 Å². The summed E-state index contributed by atoms with van der Waals surface area (Å²) in [7, 11) is 0. The van der Waals surface area contributed by atoms with Crippen LogP contribution in [-0.4, -0.2) is 34.8 Å². The minimum atomic E-state index is -0.599. The first kappa shape index (κ1) is 19.9. The normalized spacial score (nSPS) is 14.8. The fourth-order valence-corrected chi connectivity index (χ4v) is 3.96. The zero-order chi connectivity index (χ0) is 21.3. The molecule has 2 amide bonds. The standard InChI is InChI=1S/C23H21F2N3O2/c24-17-3-1-14(2-4-17)11-21(29)28-9-7-15(8-10-28)22-19(23(26)30)13-16-12-18(25)5-6-20(16)27-22/h1-6,12-13,15H,7-11H2,(H2,26,30). The molecule has 154 valence electrons. The fraction of sp³-hybridized carbons (Fsp3) is 0.261. The molecule has 1 saturated heterocycles. The second-order valence-corrected chi connectivity index (χ2v) is 7.58. The van der Waals surface area contributed by atoms with Crippen LogP contribution in [0.4, 0.5) is 8.78 Å². The second-order valence-electron chi connectivity index (χ2n) is 7.58. The number of aromatic nitrogens is 1. The van der Waals surface area contributed by atoms with Crippen molar-refractivity contribution >= 4 is 22.7 Å². The van der Waals surface area contributed by atoms with Crippen molar-refractivity contribution in [1.82, 2.24) is 9.88 Å². The van der Waals surface area contributed by atoms with E-state index in [2.05, 4.69) is 4.98 Å². The number of carbonyl (C=O) groups excluding carboxylic acids is 2. The topological polar surface area (TPSA) is 76.3 Å². The van der Waals surface area contributed by atoms with Gasteiger partial charge in [-0.05, 0) is 54.8 Å². The van der Waals surface area contributed by atoms with E-state index < -0.39 is 11.7 Å². The Bertz CT molecular complexity index is 1110. The van der Waals surface area contributed by atoms with Crippen LogP contribution < -0.4 is 5.73 Å². The molecular weight excluding hydrogens is 388 g/mol. The first-order valence-electron chi connectivity index (χ1n) is 9.83. The van der Waals surface area contributed by atoms with Crippen molar-refractivity contribution in [2.45, 2.75) is 25.2 Å². The van der Waals surface area contributed by atoms with Gasteiger partial charge in [-0.1, -0.05) is 12.1 Å². The molecular formula is C23H21F2N3O2. The highest BCUT2D eigenvalue weighted by Crippen LogP contribution is 2.31. The maximum Gasteiger partial charge on any atom is 0.250 e. The summed E-state index contributed by atoms with van der Waals surface area (Å²) in [6.45, 7) is 1.07. The van der Waals surface area contributed by atoms with Crippen LogP contribution in [-0.2, 0) is 11.2 Å². The molecule has 0 atom stereocenters. The lowest BCUT2D eigenvalue weighted by atomic mass is 9.89. The molecule has 7 heteroatoms. The quantitative estimate of drug-likeness (QED) is 0.716. The summed E-state index contributed by atoms with van der Waals surface area (Å²) in [4.78, 5) is 31.0. The number of nitrogens with zero attached hydrogens (tertiary/aromatic N) is 2. The molecule has 0 saturated carbocycles. The number of hydrogen-bond donors (Lipinski definition) is 1. The van der Waals surface area contributed by atoms with Crippen LogP contribution in [0.3, 0.4) is 0 Å². The molecule has 2 aromatic carbocycles. The Balaban J connectivity index is 1.49. The Morgan fingerprint density at radius 3 is 2.33 bits per heavy atom. The van der Waals surface area contributed by atoms with E-state index in [1.165, 1.54) is 24.3 Å². The molecule has 1 aliphatic heterocycles. The predicted octanol–water partition coefficient (Wildman–Crippen LogP) is 3.56. The molecule has 0 unspecified atom stereocenters. The van der Waals surface area contributed by atoms with Gasteiger partial charge in [0, 0.05) is 24.4 Å². The molecule has 0 radical (unpaired) electrons. The number of hydrogen-bond acceptors (Lipinski definition) is 3. The molecule has 30 heavy (non-hydrogen) atoms. The van der Waals surface area contributed by atoms with E-state index in [4.69, 9.17) is 5.73 Å². The monoisotopic (exact) mass is 409 g/mol. The number of rotatable bonds is 4. The minimum Gasteiger partial charge on any atom is -0.366 e. The number of carbonyl (C=O) groups is 2. The lowest BCUT2D eigenvalue weighted by Crippen LogP contribution is -2.39. The summed E-state index contributed by atoms with van der Waals surface area (Å²) in [5.74, 6) is -1.37. The zero-order valence-corrected chi connectivity index (χ0v) is 16.3. The number of primary amides is 1. The number of likely N-dealkylation sites (tertiary alicyclic amines) is 1. The number of pyridine rings is 1. The molecule has 5 nitrogen and oxygen atoms in total. The van der Waals surface area contributed by atoms with Crippen molar-refractivity contribution < 1.29 is 18.4 Å². The molecule has 4 rings (SSSR count). The summed E-state index contributed by atoms with van der Waals surface area (Å²) in [5.41, 5.74) is 7.83. The van der Waals surface area contributed by atoms with Gasteiger partial charge in [0.2, 0.25) is 5.91 Å². The number of nitrogens with two attached hydrogens (primary N) is 1. The third-order valence-corrected chi connectivity index (χ3v) is 5.57. The maximum absolute atomic E-state index is 13.5. The van der Waals surface area contributed by atoms with Gasteiger partial charge >= 0.3 is 0 Å². The predicted molar refractivity (Wildman–Crippen MR) is 109 cm³/mol. The van der Waals surface area contributed by atoms with Crippen molar-refractivity contribution in [3.8, 4) is 0 Å². The average molecular weight is 409 g/mol. The van der Waals surface area contributed by atoms with E-state index in [1.54, 1.807) is 29.2 Å². The number of piperidine rings is 1. The summed E-state index contributed by atoms with van der Waals surface area (Å²) >= 11 is 0. The van der Waals surface area contributed by atoms with Crippen LogP contribution in [0.15, 0.2) is 48.5 Å². The SMILES string of the molecule is NC(=O)c1cc2cc(F)ccc2nc1C1CCN(C(=O)Cc2ccc(F)cc2)CC1. The van der Waals surface area contributed by atoms with Gasteiger partial charge in [0.1, 0.15) is 11.6 Å². The van der Waals surface area contributed by atoms with Gasteiger partial charge in [0.25, 0.3) is 5.91 Å². The highest BCUT2D eigenvalue weighted by molar-refractivity contribution is 5.97. The fourth-order valence-electron chi connectivity index (χ4n) is 3.96. The zero-order valence-electron chi connectivity index (χ0n) is 16.3. The minimum absolute atomic E-state index is 0.0165. The Morgan fingerprint density at radius 2 is 1.67 bits per heavy atom. The first-order chi connectivity index (χ1) is 14.4. The van der Waals surface area contributed by atoms with Crippen LogP contribution in [0.2, 0.25) is 0 Å². The number of fused-ring (bicyclic) bond motifs is 1. The van der Waals surface area contributed by atoms with Gasteiger partial charge in [0.15, 0.2) is 0 Å².